The molecular weight excluding hydrogens is 422 g/mol. The minimum atomic E-state index is -0.558. The number of anilines is 1. The lowest BCUT2D eigenvalue weighted by Crippen LogP contribution is -2.37. The van der Waals surface area contributed by atoms with Crippen molar-refractivity contribution in [2.45, 2.75) is 39.5 Å². The number of hydrogen-bond donors (Lipinski definition) is 2. The average molecular weight is 448 g/mol. The predicted octanol–water partition coefficient (Wildman–Crippen LogP) is 5.03. The molecule has 2 aromatic rings. The number of allylic oxidation sites excluding steroid dienone is 3. The van der Waals surface area contributed by atoms with Gasteiger partial charge >= 0.3 is 0 Å². The number of ketones is 1. The minimum absolute atomic E-state index is 0.0270. The van der Waals surface area contributed by atoms with Crippen LogP contribution in [0.25, 0.3) is 0 Å². The molecule has 164 valence electrons. The Bertz CT molecular complexity index is 1170. The summed E-state index contributed by atoms with van der Waals surface area (Å²) in [5.41, 5.74) is 3.43. The number of dihydropyridines is 1. The second-order valence-electron chi connectivity index (χ2n) is 8.97. The van der Waals surface area contributed by atoms with E-state index >= 15 is 0 Å². The van der Waals surface area contributed by atoms with Crippen LogP contribution in [0.4, 0.5) is 5.69 Å². The molecule has 1 aromatic carbocycles. The van der Waals surface area contributed by atoms with Crippen LogP contribution in [-0.2, 0) is 9.59 Å². The third-order valence-electron chi connectivity index (χ3n) is 5.60. The zero-order valence-electron chi connectivity index (χ0n) is 18.3. The molecule has 0 spiro atoms. The zero-order chi connectivity index (χ0) is 22.9. The summed E-state index contributed by atoms with van der Waals surface area (Å²) in [5.74, 6) is -0.00413. The first kappa shape index (κ1) is 22.0. The number of benzene rings is 1. The number of nitrogens with zero attached hydrogens (tertiary/aromatic N) is 1. The molecule has 0 saturated carbocycles. The van der Waals surface area contributed by atoms with Crippen LogP contribution in [0.15, 0.2) is 69.0 Å². The number of amides is 1. The molecule has 2 heterocycles. The van der Waals surface area contributed by atoms with Crippen molar-refractivity contribution in [1.29, 1.82) is 5.26 Å². The van der Waals surface area contributed by atoms with Crippen LogP contribution >= 0.6 is 11.8 Å². The molecule has 2 aliphatic rings. The normalized spacial score (nSPS) is 19.8. The third-order valence-corrected chi connectivity index (χ3v) is 6.62. The van der Waals surface area contributed by atoms with Crippen LogP contribution < -0.4 is 10.6 Å². The van der Waals surface area contributed by atoms with E-state index in [0.717, 1.165) is 16.9 Å². The standard InChI is InChI=1S/C25H25N3O3S/c1-15-6-4-7-16(10-15)27-21(30)14-32-24-17(13-26)22(20-8-5-9-31-20)23-18(28-24)11-25(2,3)12-19(23)29/h4-10,22,28H,11-12,14H2,1-3H3,(H,27,30)/t22-/m1/s1. The fourth-order valence-electron chi connectivity index (χ4n) is 4.29. The van der Waals surface area contributed by atoms with E-state index in [1.165, 1.54) is 11.8 Å². The second-order valence-corrected chi connectivity index (χ2v) is 9.95. The van der Waals surface area contributed by atoms with Gasteiger partial charge in [-0.25, -0.2) is 0 Å². The summed E-state index contributed by atoms with van der Waals surface area (Å²) in [6, 6.07) is 13.4. The van der Waals surface area contributed by atoms with Gasteiger partial charge in [-0.05, 0) is 48.6 Å². The quantitative estimate of drug-likeness (QED) is 0.668. The molecule has 4 rings (SSSR count). The molecule has 6 nitrogen and oxygen atoms in total. The second kappa shape index (κ2) is 8.71. The summed E-state index contributed by atoms with van der Waals surface area (Å²) in [5, 5.41) is 16.8. The summed E-state index contributed by atoms with van der Waals surface area (Å²) >= 11 is 1.27. The number of hydrogen-bond acceptors (Lipinski definition) is 6. The molecule has 0 saturated heterocycles. The number of carbonyl (C=O) groups is 2. The highest BCUT2D eigenvalue weighted by Gasteiger charge is 2.42. The number of furan rings is 1. The Morgan fingerprint density at radius 2 is 2.12 bits per heavy atom. The first-order valence-electron chi connectivity index (χ1n) is 10.5. The van der Waals surface area contributed by atoms with Crippen molar-refractivity contribution < 1.29 is 14.0 Å². The summed E-state index contributed by atoms with van der Waals surface area (Å²) in [4.78, 5) is 25.6. The van der Waals surface area contributed by atoms with Crippen LogP contribution in [0.5, 0.6) is 0 Å². The molecule has 0 radical (unpaired) electrons. The number of nitrogens with one attached hydrogen (secondary N) is 2. The topological polar surface area (TPSA) is 95.1 Å². The summed E-state index contributed by atoms with van der Waals surface area (Å²) < 4.78 is 5.63. The van der Waals surface area contributed by atoms with E-state index in [0.29, 0.717) is 34.8 Å². The maximum atomic E-state index is 13.1. The van der Waals surface area contributed by atoms with E-state index < -0.39 is 5.92 Å². The van der Waals surface area contributed by atoms with E-state index in [9.17, 15) is 14.9 Å². The average Bonchev–Trinajstić information content (AvgIpc) is 3.24. The van der Waals surface area contributed by atoms with Crippen molar-refractivity contribution >= 4 is 29.1 Å². The summed E-state index contributed by atoms with van der Waals surface area (Å²) in [6.45, 7) is 6.08. The smallest absolute Gasteiger partial charge is 0.234 e. The monoisotopic (exact) mass is 447 g/mol. The fraction of sp³-hybridized carbons (Fsp3) is 0.320. The molecule has 0 unspecified atom stereocenters. The van der Waals surface area contributed by atoms with Gasteiger partial charge in [0.25, 0.3) is 0 Å². The Kier molecular flexibility index (Phi) is 5.98. The maximum absolute atomic E-state index is 13.1. The van der Waals surface area contributed by atoms with Gasteiger partial charge in [-0.15, -0.1) is 0 Å². The van der Waals surface area contributed by atoms with Crippen molar-refractivity contribution in [3.63, 3.8) is 0 Å². The van der Waals surface area contributed by atoms with Gasteiger partial charge in [-0.2, -0.15) is 5.26 Å². The van der Waals surface area contributed by atoms with Gasteiger partial charge in [0, 0.05) is 23.4 Å². The minimum Gasteiger partial charge on any atom is -0.468 e. The molecule has 0 fully saturated rings. The van der Waals surface area contributed by atoms with Crippen LogP contribution in [0.3, 0.4) is 0 Å². The third kappa shape index (κ3) is 4.51. The van der Waals surface area contributed by atoms with Gasteiger partial charge in [0.2, 0.25) is 5.91 Å². The van der Waals surface area contributed by atoms with E-state index in [-0.39, 0.29) is 22.9 Å². The van der Waals surface area contributed by atoms with E-state index in [1.54, 1.807) is 18.4 Å². The molecule has 7 heteroatoms. The molecule has 32 heavy (non-hydrogen) atoms. The molecular formula is C25H25N3O3S. The first-order chi connectivity index (χ1) is 15.3. The Labute approximate surface area is 191 Å². The predicted molar refractivity (Wildman–Crippen MR) is 125 cm³/mol. The Morgan fingerprint density at radius 3 is 2.81 bits per heavy atom. The number of carbonyl (C=O) groups excluding carboxylic acids is 2. The molecule has 1 amide bonds. The van der Waals surface area contributed by atoms with Gasteiger partial charge < -0.3 is 15.1 Å². The number of rotatable bonds is 5. The van der Waals surface area contributed by atoms with Gasteiger partial charge in [0.1, 0.15) is 5.76 Å². The number of thioether (sulfide) groups is 1. The Morgan fingerprint density at radius 1 is 1.31 bits per heavy atom. The highest BCUT2D eigenvalue weighted by atomic mass is 32.2. The highest BCUT2D eigenvalue weighted by Crippen LogP contribution is 2.47. The van der Waals surface area contributed by atoms with Gasteiger partial charge in [0.15, 0.2) is 5.78 Å². The maximum Gasteiger partial charge on any atom is 0.234 e. The molecule has 1 aliphatic carbocycles. The van der Waals surface area contributed by atoms with E-state index in [4.69, 9.17) is 4.42 Å². The lowest BCUT2D eigenvalue weighted by atomic mass is 9.70. The molecule has 0 bridgehead atoms. The number of Topliss-reactive ketones (excluding diaryl/α,β-unsaturated/α-hetero) is 1. The van der Waals surface area contributed by atoms with Crippen LogP contribution in [0.1, 0.15) is 43.9 Å². The fourth-order valence-corrected chi connectivity index (χ4v) is 5.15. The lowest BCUT2D eigenvalue weighted by molar-refractivity contribution is -0.118. The van der Waals surface area contributed by atoms with Crippen LogP contribution in [0, 0.1) is 23.7 Å². The van der Waals surface area contributed by atoms with Crippen molar-refractivity contribution in [2.75, 3.05) is 11.1 Å². The summed E-state index contributed by atoms with van der Waals surface area (Å²) in [6.07, 6.45) is 2.65. The van der Waals surface area contributed by atoms with Crippen molar-refractivity contribution in [1.82, 2.24) is 5.32 Å². The van der Waals surface area contributed by atoms with Crippen molar-refractivity contribution in [3.05, 3.63) is 75.9 Å². The zero-order valence-corrected chi connectivity index (χ0v) is 19.1. The van der Waals surface area contributed by atoms with Gasteiger partial charge in [0.05, 0.1) is 34.6 Å². The van der Waals surface area contributed by atoms with Crippen molar-refractivity contribution in [3.8, 4) is 6.07 Å². The summed E-state index contributed by atoms with van der Waals surface area (Å²) in [7, 11) is 0. The van der Waals surface area contributed by atoms with Gasteiger partial charge in [-0.3, -0.25) is 9.59 Å². The number of nitriles is 1. The SMILES string of the molecule is Cc1cccc(NC(=O)CSC2=C(C#N)[C@H](c3ccco3)C3=C(CC(C)(C)CC3=O)N2)c1. The Balaban J connectivity index is 1.61. The van der Waals surface area contributed by atoms with Crippen molar-refractivity contribution in [2.24, 2.45) is 5.41 Å². The molecule has 1 atom stereocenters. The lowest BCUT2D eigenvalue weighted by Gasteiger charge is -2.38. The first-order valence-corrected chi connectivity index (χ1v) is 11.5. The van der Waals surface area contributed by atoms with Crippen LogP contribution in [-0.4, -0.2) is 17.4 Å². The van der Waals surface area contributed by atoms with Crippen LogP contribution in [0.2, 0.25) is 0 Å². The Hall–Kier alpha value is -3.24. The molecule has 2 N–H and O–H groups in total. The van der Waals surface area contributed by atoms with E-state index in [1.807, 2.05) is 31.2 Å². The number of aryl methyl sites for hydroxylation is 1. The van der Waals surface area contributed by atoms with Gasteiger partial charge in [-0.1, -0.05) is 37.7 Å². The molecule has 1 aliphatic heterocycles. The molecule has 1 aromatic heterocycles. The van der Waals surface area contributed by atoms with E-state index in [2.05, 4.69) is 30.6 Å². The largest absolute Gasteiger partial charge is 0.468 e. The highest BCUT2D eigenvalue weighted by molar-refractivity contribution is 8.03.